The summed E-state index contributed by atoms with van der Waals surface area (Å²) >= 11 is 0. The molecule has 2 unspecified atom stereocenters. The topological polar surface area (TPSA) is 46.8 Å². The summed E-state index contributed by atoms with van der Waals surface area (Å²) < 4.78 is 56.8. The zero-order valence-electron chi connectivity index (χ0n) is 15.0. The van der Waals surface area contributed by atoms with Crippen molar-refractivity contribution in [2.45, 2.75) is 25.1 Å². The number of halogens is 3. The Balaban J connectivity index is 1.32. The van der Waals surface area contributed by atoms with Gasteiger partial charge in [-0.05, 0) is 42.0 Å². The second-order valence-electron chi connectivity index (χ2n) is 6.87. The average molecular weight is 395 g/mol. The Hall–Kier alpha value is -2.29. The highest BCUT2D eigenvalue weighted by Crippen LogP contribution is 2.27. The van der Waals surface area contributed by atoms with Crippen molar-refractivity contribution < 1.29 is 32.1 Å². The van der Waals surface area contributed by atoms with Gasteiger partial charge in [-0.3, -0.25) is 4.90 Å². The third kappa shape index (κ3) is 6.12. The van der Waals surface area contributed by atoms with Gasteiger partial charge < -0.3 is 18.9 Å². The molecule has 0 saturated carbocycles. The largest absolute Gasteiger partial charge is 0.573 e. The molecule has 2 aromatic carbocycles. The van der Waals surface area contributed by atoms with Crippen molar-refractivity contribution in [3.05, 3.63) is 54.1 Å². The number of epoxide rings is 2. The van der Waals surface area contributed by atoms with Gasteiger partial charge in [0.2, 0.25) is 0 Å². The van der Waals surface area contributed by atoms with E-state index in [-0.39, 0.29) is 5.75 Å². The van der Waals surface area contributed by atoms with Crippen LogP contribution >= 0.6 is 0 Å². The molecule has 8 heteroatoms. The summed E-state index contributed by atoms with van der Waals surface area (Å²) in [6.45, 7) is 4.22. The molecule has 2 heterocycles. The third-order valence-corrected chi connectivity index (χ3v) is 4.35. The molecule has 2 aliphatic heterocycles. The van der Waals surface area contributed by atoms with E-state index in [1.807, 2.05) is 24.3 Å². The van der Waals surface area contributed by atoms with Gasteiger partial charge >= 0.3 is 6.36 Å². The smallest absolute Gasteiger partial charge is 0.457 e. The maximum absolute atomic E-state index is 12.2. The van der Waals surface area contributed by atoms with E-state index in [1.54, 1.807) is 0 Å². The van der Waals surface area contributed by atoms with Gasteiger partial charge in [-0.25, -0.2) is 0 Å². The molecule has 0 bridgehead atoms. The first kappa shape index (κ1) is 19.0. The van der Waals surface area contributed by atoms with Gasteiger partial charge in [-0.2, -0.15) is 0 Å². The average Bonchev–Trinajstić information content (AvgIpc) is 3.54. The second-order valence-corrected chi connectivity index (χ2v) is 6.87. The number of hydrogen-bond donors (Lipinski definition) is 0. The fraction of sp³-hybridized carbons (Fsp3) is 0.400. The molecule has 150 valence electrons. The van der Waals surface area contributed by atoms with Crippen molar-refractivity contribution in [3.63, 3.8) is 0 Å². The van der Waals surface area contributed by atoms with Gasteiger partial charge in [0.05, 0.1) is 25.4 Å². The molecule has 5 nitrogen and oxygen atoms in total. The Labute approximate surface area is 160 Å². The normalized spacial score (nSPS) is 20.9. The Bertz CT molecular complexity index is 758. The molecule has 2 saturated heterocycles. The molecule has 4 rings (SSSR count). The van der Waals surface area contributed by atoms with Crippen LogP contribution in [0.15, 0.2) is 48.5 Å². The van der Waals surface area contributed by atoms with Crippen molar-refractivity contribution in [2.24, 2.45) is 0 Å². The van der Waals surface area contributed by atoms with E-state index in [0.29, 0.717) is 23.7 Å². The molecule has 0 radical (unpaired) electrons. The molecule has 0 aliphatic carbocycles. The summed E-state index contributed by atoms with van der Waals surface area (Å²) in [6, 6.07) is 12.9. The van der Waals surface area contributed by atoms with Crippen LogP contribution in [0, 0.1) is 0 Å². The van der Waals surface area contributed by atoms with Crippen LogP contribution in [0.25, 0.3) is 0 Å². The summed E-state index contributed by atoms with van der Waals surface area (Å²) in [6.07, 6.45) is -4.06. The van der Waals surface area contributed by atoms with Gasteiger partial charge in [0.25, 0.3) is 0 Å². The molecule has 0 N–H and O–H groups in total. The lowest BCUT2D eigenvalue weighted by molar-refractivity contribution is -0.274. The van der Waals surface area contributed by atoms with E-state index in [0.717, 1.165) is 38.4 Å². The highest BCUT2D eigenvalue weighted by Gasteiger charge is 2.31. The van der Waals surface area contributed by atoms with E-state index in [9.17, 15) is 13.2 Å². The maximum Gasteiger partial charge on any atom is 0.573 e. The highest BCUT2D eigenvalue weighted by molar-refractivity contribution is 5.36. The van der Waals surface area contributed by atoms with Crippen molar-refractivity contribution in [2.75, 3.05) is 26.3 Å². The Kier molecular flexibility index (Phi) is 5.43. The van der Waals surface area contributed by atoms with Crippen molar-refractivity contribution >= 4 is 0 Å². The van der Waals surface area contributed by atoms with Crippen LogP contribution in [0.3, 0.4) is 0 Å². The van der Waals surface area contributed by atoms with Crippen LogP contribution < -0.4 is 9.47 Å². The quantitative estimate of drug-likeness (QED) is 0.601. The van der Waals surface area contributed by atoms with E-state index in [1.165, 1.54) is 24.3 Å². The van der Waals surface area contributed by atoms with E-state index >= 15 is 0 Å². The zero-order valence-corrected chi connectivity index (χ0v) is 15.0. The summed E-state index contributed by atoms with van der Waals surface area (Å²) in [5.41, 5.74) is 1.14. The second kappa shape index (κ2) is 7.98. The minimum absolute atomic E-state index is 0.283. The lowest BCUT2D eigenvalue weighted by Gasteiger charge is -2.20. The number of alkyl halides is 3. The fourth-order valence-electron chi connectivity index (χ4n) is 2.89. The third-order valence-electron chi connectivity index (χ3n) is 4.35. The van der Waals surface area contributed by atoms with Gasteiger partial charge in [-0.1, -0.05) is 12.1 Å². The molecule has 2 fully saturated rings. The van der Waals surface area contributed by atoms with Crippen molar-refractivity contribution in [1.29, 1.82) is 0 Å². The molecular formula is C20H20F3NO4. The van der Waals surface area contributed by atoms with Crippen molar-refractivity contribution in [1.82, 2.24) is 4.90 Å². The molecule has 28 heavy (non-hydrogen) atoms. The van der Waals surface area contributed by atoms with Crippen molar-refractivity contribution in [3.8, 4) is 17.2 Å². The van der Waals surface area contributed by atoms with Crippen LogP contribution in [0.2, 0.25) is 0 Å². The number of hydrogen-bond acceptors (Lipinski definition) is 5. The van der Waals surface area contributed by atoms with Crippen LogP contribution in [-0.4, -0.2) is 49.8 Å². The predicted octanol–water partition coefficient (Wildman–Crippen LogP) is 3.98. The van der Waals surface area contributed by atoms with Crippen LogP contribution in [0.5, 0.6) is 17.2 Å². The maximum atomic E-state index is 12.2. The first-order valence-corrected chi connectivity index (χ1v) is 9.01. The first-order valence-electron chi connectivity index (χ1n) is 9.01. The highest BCUT2D eigenvalue weighted by atomic mass is 19.4. The van der Waals surface area contributed by atoms with Gasteiger partial charge in [-0.15, -0.1) is 13.2 Å². The molecule has 2 atom stereocenters. The molecule has 0 aromatic heterocycles. The molecule has 2 aliphatic rings. The Morgan fingerprint density at radius 2 is 1.29 bits per heavy atom. The van der Waals surface area contributed by atoms with E-state index < -0.39 is 6.36 Å². The van der Waals surface area contributed by atoms with Crippen LogP contribution in [0.1, 0.15) is 5.56 Å². The van der Waals surface area contributed by atoms with Gasteiger partial charge in [0.15, 0.2) is 0 Å². The van der Waals surface area contributed by atoms with Gasteiger partial charge in [0.1, 0.15) is 17.2 Å². The predicted molar refractivity (Wildman–Crippen MR) is 94.4 cm³/mol. The summed E-state index contributed by atoms with van der Waals surface area (Å²) in [5, 5.41) is 0. The summed E-state index contributed by atoms with van der Waals surface area (Å²) in [5.74, 6) is 0.756. The molecule has 0 spiro atoms. The number of benzene rings is 2. The molecular weight excluding hydrogens is 375 g/mol. The molecule has 0 amide bonds. The van der Waals surface area contributed by atoms with Crippen LogP contribution in [0.4, 0.5) is 13.2 Å². The first-order chi connectivity index (χ1) is 13.4. The monoisotopic (exact) mass is 395 g/mol. The fourth-order valence-corrected chi connectivity index (χ4v) is 2.89. The SMILES string of the molecule is FC(F)(F)Oc1ccc(Oc2ccc(CN(CC3CO3)CC3CO3)cc2)cc1. The van der Waals surface area contributed by atoms with Crippen LogP contribution in [-0.2, 0) is 16.0 Å². The summed E-state index contributed by atoms with van der Waals surface area (Å²) in [4.78, 5) is 2.32. The molecule has 2 aromatic rings. The standard InChI is InChI=1S/C20H20F3NO4/c21-20(22,23)28-17-7-5-16(6-8-17)27-15-3-1-14(2-4-15)9-24(10-18-12-25-18)11-19-13-26-19/h1-8,18-19H,9-13H2. The zero-order chi connectivity index (χ0) is 19.6. The van der Waals surface area contributed by atoms with Gasteiger partial charge in [0, 0.05) is 19.6 Å². The minimum Gasteiger partial charge on any atom is -0.457 e. The van der Waals surface area contributed by atoms with E-state index in [4.69, 9.17) is 14.2 Å². The number of ether oxygens (including phenoxy) is 4. The number of rotatable bonds is 9. The lowest BCUT2D eigenvalue weighted by atomic mass is 10.2. The minimum atomic E-state index is -4.71. The summed E-state index contributed by atoms with van der Waals surface area (Å²) in [7, 11) is 0. The number of nitrogens with zero attached hydrogens (tertiary/aromatic N) is 1. The Morgan fingerprint density at radius 3 is 1.75 bits per heavy atom. The van der Waals surface area contributed by atoms with E-state index in [2.05, 4.69) is 9.64 Å². The Morgan fingerprint density at radius 1 is 0.821 bits per heavy atom. The lowest BCUT2D eigenvalue weighted by Crippen LogP contribution is -2.31.